The standard InChI is InChI=1S/C17H14F4O5S/c1-9(22)3-4-10-5-7-11(8-6-10)26-27(23,24)17-14(20)12(18)16(25-2)13(19)15(17)21/h5-8H,3-4H2,1-2H3. The minimum Gasteiger partial charge on any atom is -0.491 e. The maximum atomic E-state index is 14.0. The van der Waals surface area contributed by atoms with E-state index < -0.39 is 44.0 Å². The fourth-order valence-electron chi connectivity index (χ4n) is 2.19. The summed E-state index contributed by atoms with van der Waals surface area (Å²) in [5.74, 6) is -10.1. The first-order chi connectivity index (χ1) is 12.6. The van der Waals surface area contributed by atoms with Gasteiger partial charge in [-0.05, 0) is 31.0 Å². The molecule has 0 aliphatic heterocycles. The summed E-state index contributed by atoms with van der Waals surface area (Å²) >= 11 is 0. The first-order valence-electron chi connectivity index (χ1n) is 7.51. The first kappa shape index (κ1) is 20.7. The van der Waals surface area contributed by atoms with Gasteiger partial charge in [-0.25, -0.2) is 8.78 Å². The highest BCUT2D eigenvalue weighted by molar-refractivity contribution is 7.87. The van der Waals surface area contributed by atoms with Gasteiger partial charge in [0, 0.05) is 6.42 Å². The number of rotatable bonds is 7. The number of ketones is 1. The van der Waals surface area contributed by atoms with Crippen LogP contribution in [0.4, 0.5) is 17.6 Å². The van der Waals surface area contributed by atoms with Gasteiger partial charge in [-0.2, -0.15) is 17.2 Å². The minimum absolute atomic E-state index is 0.0348. The molecule has 0 N–H and O–H groups in total. The molecule has 0 atom stereocenters. The maximum Gasteiger partial charge on any atom is 0.345 e. The lowest BCUT2D eigenvalue weighted by Crippen LogP contribution is -2.17. The van der Waals surface area contributed by atoms with Gasteiger partial charge in [0.05, 0.1) is 7.11 Å². The molecule has 0 amide bonds. The third kappa shape index (κ3) is 4.38. The van der Waals surface area contributed by atoms with E-state index in [4.69, 9.17) is 0 Å². The number of ether oxygens (including phenoxy) is 1. The number of hydrogen-bond donors (Lipinski definition) is 0. The van der Waals surface area contributed by atoms with Gasteiger partial charge >= 0.3 is 10.1 Å². The summed E-state index contributed by atoms with van der Waals surface area (Å²) in [6.45, 7) is 1.42. The number of benzene rings is 2. The van der Waals surface area contributed by atoms with E-state index in [1.807, 2.05) is 0 Å². The van der Waals surface area contributed by atoms with E-state index in [9.17, 15) is 30.8 Å². The molecule has 0 aromatic heterocycles. The van der Waals surface area contributed by atoms with Gasteiger partial charge in [-0.1, -0.05) is 12.1 Å². The van der Waals surface area contributed by atoms with Crippen molar-refractivity contribution in [1.82, 2.24) is 0 Å². The van der Waals surface area contributed by atoms with Crippen LogP contribution in [0.5, 0.6) is 11.5 Å². The molecule has 0 saturated carbocycles. The van der Waals surface area contributed by atoms with Crippen LogP contribution >= 0.6 is 0 Å². The average molecular weight is 406 g/mol. The van der Waals surface area contributed by atoms with Gasteiger partial charge in [0.1, 0.15) is 11.5 Å². The molecule has 5 nitrogen and oxygen atoms in total. The van der Waals surface area contributed by atoms with E-state index in [1.54, 1.807) is 0 Å². The number of hydrogen-bond acceptors (Lipinski definition) is 5. The van der Waals surface area contributed by atoms with E-state index in [-0.39, 0.29) is 18.0 Å². The quantitative estimate of drug-likeness (QED) is 0.400. The second kappa shape index (κ2) is 7.95. The minimum atomic E-state index is -5.22. The van der Waals surface area contributed by atoms with E-state index in [0.717, 1.165) is 7.11 Å². The Bertz CT molecular complexity index is 943. The predicted molar refractivity (Wildman–Crippen MR) is 86.1 cm³/mol. The van der Waals surface area contributed by atoms with Crippen LogP contribution in [0.3, 0.4) is 0 Å². The van der Waals surface area contributed by atoms with Crippen molar-refractivity contribution in [1.29, 1.82) is 0 Å². The Balaban J connectivity index is 2.36. The molecule has 0 bridgehead atoms. The molecule has 0 radical (unpaired) electrons. The highest BCUT2D eigenvalue weighted by atomic mass is 32.2. The molecule has 27 heavy (non-hydrogen) atoms. The van der Waals surface area contributed by atoms with Gasteiger partial charge in [-0.15, -0.1) is 0 Å². The van der Waals surface area contributed by atoms with Crippen molar-refractivity contribution in [3.63, 3.8) is 0 Å². The van der Waals surface area contributed by atoms with Crippen LogP contribution < -0.4 is 8.92 Å². The molecule has 0 spiro atoms. The Morgan fingerprint density at radius 2 is 1.48 bits per heavy atom. The van der Waals surface area contributed by atoms with Crippen LogP contribution in [0.15, 0.2) is 29.2 Å². The molecule has 0 fully saturated rings. The number of Topliss-reactive ketones (excluding diaryl/α,β-unsaturated/α-hetero) is 1. The largest absolute Gasteiger partial charge is 0.491 e. The molecule has 146 valence electrons. The smallest absolute Gasteiger partial charge is 0.345 e. The Labute approximate surface area is 152 Å². The van der Waals surface area contributed by atoms with Gasteiger partial charge in [0.25, 0.3) is 0 Å². The highest BCUT2D eigenvalue weighted by Gasteiger charge is 2.35. The van der Waals surface area contributed by atoms with Crippen LogP contribution in [0, 0.1) is 23.3 Å². The molecule has 2 aromatic carbocycles. The van der Waals surface area contributed by atoms with Crippen LogP contribution in [-0.2, 0) is 21.3 Å². The molecule has 0 saturated heterocycles. The average Bonchev–Trinajstić information content (AvgIpc) is 2.59. The van der Waals surface area contributed by atoms with E-state index in [2.05, 4.69) is 8.92 Å². The van der Waals surface area contributed by atoms with Gasteiger partial charge in [-0.3, -0.25) is 0 Å². The Kier molecular flexibility index (Phi) is 6.09. The summed E-state index contributed by atoms with van der Waals surface area (Å²) in [5.41, 5.74) is 0.689. The molecule has 0 unspecified atom stereocenters. The zero-order valence-corrected chi connectivity index (χ0v) is 15.0. The molecule has 2 rings (SSSR count). The summed E-state index contributed by atoms with van der Waals surface area (Å²) in [7, 11) is -4.46. The van der Waals surface area contributed by atoms with Crippen molar-refractivity contribution < 1.29 is 39.7 Å². The highest BCUT2D eigenvalue weighted by Crippen LogP contribution is 2.33. The second-order valence-electron chi connectivity index (χ2n) is 5.50. The third-order valence-electron chi connectivity index (χ3n) is 3.53. The number of carbonyl (C=O) groups excluding carboxylic acids is 1. The zero-order valence-electron chi connectivity index (χ0n) is 14.2. The SMILES string of the molecule is COc1c(F)c(F)c(S(=O)(=O)Oc2ccc(CCC(C)=O)cc2)c(F)c1F. The Hall–Kier alpha value is -2.62. The predicted octanol–water partition coefficient (Wildman–Crippen LogP) is 3.54. The third-order valence-corrected chi connectivity index (χ3v) is 4.80. The van der Waals surface area contributed by atoms with Crippen LogP contribution in [0.2, 0.25) is 0 Å². The van der Waals surface area contributed by atoms with E-state index >= 15 is 0 Å². The molecular formula is C17H14F4O5S. The molecule has 0 heterocycles. The fourth-order valence-corrected chi connectivity index (χ4v) is 3.26. The Morgan fingerprint density at radius 3 is 1.93 bits per heavy atom. The lowest BCUT2D eigenvalue weighted by Gasteiger charge is -2.12. The van der Waals surface area contributed by atoms with Crippen molar-refractivity contribution in [3.8, 4) is 11.5 Å². The maximum absolute atomic E-state index is 14.0. The lowest BCUT2D eigenvalue weighted by molar-refractivity contribution is -0.116. The number of aryl methyl sites for hydroxylation is 1. The van der Waals surface area contributed by atoms with Crippen LogP contribution in [0.1, 0.15) is 18.9 Å². The van der Waals surface area contributed by atoms with Crippen molar-refractivity contribution in [2.24, 2.45) is 0 Å². The van der Waals surface area contributed by atoms with Gasteiger partial charge in [0.2, 0.25) is 11.6 Å². The molecule has 0 aliphatic carbocycles. The number of carbonyl (C=O) groups is 1. The van der Waals surface area contributed by atoms with Gasteiger partial charge < -0.3 is 13.7 Å². The molecule has 2 aromatic rings. The summed E-state index contributed by atoms with van der Waals surface area (Å²) < 4.78 is 88.4. The van der Waals surface area contributed by atoms with Crippen LogP contribution in [0.25, 0.3) is 0 Å². The summed E-state index contributed by atoms with van der Waals surface area (Å²) in [5, 5.41) is 0. The number of halogens is 4. The normalized spacial score (nSPS) is 11.3. The Morgan fingerprint density at radius 1 is 0.963 bits per heavy atom. The van der Waals surface area contributed by atoms with Crippen molar-refractivity contribution in [2.45, 2.75) is 24.7 Å². The summed E-state index contributed by atoms with van der Waals surface area (Å²) in [6, 6.07) is 5.24. The van der Waals surface area contributed by atoms with Crippen molar-refractivity contribution in [3.05, 3.63) is 53.1 Å². The van der Waals surface area contributed by atoms with E-state index in [1.165, 1.54) is 31.2 Å². The first-order valence-corrected chi connectivity index (χ1v) is 8.92. The lowest BCUT2D eigenvalue weighted by atomic mass is 10.1. The topological polar surface area (TPSA) is 69.7 Å². The molecule has 10 heteroatoms. The van der Waals surface area contributed by atoms with Crippen molar-refractivity contribution >= 4 is 15.9 Å². The second-order valence-corrected chi connectivity index (χ2v) is 6.98. The van der Waals surface area contributed by atoms with Crippen molar-refractivity contribution in [2.75, 3.05) is 7.11 Å². The van der Waals surface area contributed by atoms with Crippen LogP contribution in [-0.4, -0.2) is 21.3 Å². The molecular weight excluding hydrogens is 392 g/mol. The summed E-state index contributed by atoms with van der Waals surface area (Å²) in [4.78, 5) is 9.04. The van der Waals surface area contributed by atoms with E-state index in [0.29, 0.717) is 12.0 Å². The fraction of sp³-hybridized carbons (Fsp3) is 0.235. The molecule has 0 aliphatic rings. The van der Waals surface area contributed by atoms with Gasteiger partial charge in [0.15, 0.2) is 22.3 Å². The number of methoxy groups -OCH3 is 1. The monoisotopic (exact) mass is 406 g/mol. The summed E-state index contributed by atoms with van der Waals surface area (Å²) in [6.07, 6.45) is 0.680. The zero-order chi connectivity index (χ0) is 20.4.